The van der Waals surface area contributed by atoms with Gasteiger partial charge in [0.1, 0.15) is 18.5 Å². The van der Waals surface area contributed by atoms with E-state index in [0.29, 0.717) is 11.4 Å². The largest absolute Gasteiger partial charge is 0.488 e. The maximum Gasteiger partial charge on any atom is 0.142 e. The summed E-state index contributed by atoms with van der Waals surface area (Å²) in [4.78, 5) is 0. The van der Waals surface area contributed by atoms with Crippen molar-refractivity contribution >= 4 is 37.5 Å². The normalized spacial score (nSPS) is 12.2. The van der Waals surface area contributed by atoms with Crippen molar-refractivity contribution in [3.63, 3.8) is 0 Å². The van der Waals surface area contributed by atoms with Crippen LogP contribution in [0.2, 0.25) is 0 Å². The minimum Gasteiger partial charge on any atom is -0.488 e. The number of aliphatic hydroxyl groups excluding tert-OH is 1. The summed E-state index contributed by atoms with van der Waals surface area (Å²) in [6.07, 6.45) is -0.734. The van der Waals surface area contributed by atoms with Crippen LogP contribution in [-0.4, -0.2) is 11.7 Å². The number of rotatable bonds is 4. The first-order valence-corrected chi connectivity index (χ1v) is 7.68. The molecule has 106 valence electrons. The van der Waals surface area contributed by atoms with E-state index < -0.39 is 6.10 Å². The summed E-state index contributed by atoms with van der Waals surface area (Å²) in [5.41, 5.74) is 8.29. The lowest BCUT2D eigenvalue weighted by atomic mass is 10.1. The zero-order valence-corrected chi connectivity index (χ0v) is 14.1. The van der Waals surface area contributed by atoms with Gasteiger partial charge in [0.05, 0.1) is 5.69 Å². The monoisotopic (exact) mass is 399 g/mol. The van der Waals surface area contributed by atoms with Gasteiger partial charge in [0.2, 0.25) is 0 Å². The van der Waals surface area contributed by atoms with Crippen LogP contribution in [0.15, 0.2) is 45.3 Å². The molecule has 2 aromatic rings. The number of ether oxygens (including phenoxy) is 1. The van der Waals surface area contributed by atoms with Crippen molar-refractivity contribution < 1.29 is 9.84 Å². The minimum atomic E-state index is -0.734. The Balaban J connectivity index is 2.08. The number of hydrogen-bond donors (Lipinski definition) is 2. The third-order valence-corrected chi connectivity index (χ3v) is 4.09. The molecule has 1 atom stereocenters. The molecule has 0 fully saturated rings. The summed E-state index contributed by atoms with van der Waals surface area (Å²) in [7, 11) is 0. The number of halogens is 2. The van der Waals surface area contributed by atoms with Gasteiger partial charge in [-0.05, 0) is 48.4 Å². The maximum absolute atomic E-state index is 10.2. The molecule has 0 saturated heterocycles. The first-order valence-electron chi connectivity index (χ1n) is 6.09. The van der Waals surface area contributed by atoms with E-state index in [1.54, 1.807) is 0 Å². The van der Waals surface area contributed by atoms with Crippen LogP contribution in [0, 0.1) is 6.92 Å². The van der Waals surface area contributed by atoms with E-state index in [1.165, 1.54) is 0 Å². The Morgan fingerprint density at radius 1 is 1.20 bits per heavy atom. The summed E-state index contributed by atoms with van der Waals surface area (Å²) in [5.74, 6) is 0.584. The van der Waals surface area contributed by atoms with Gasteiger partial charge in [-0.1, -0.05) is 37.9 Å². The smallest absolute Gasteiger partial charge is 0.142 e. The molecule has 2 aromatic carbocycles. The van der Waals surface area contributed by atoms with E-state index in [2.05, 4.69) is 31.9 Å². The third kappa shape index (κ3) is 3.75. The number of benzene rings is 2. The second-order valence-electron chi connectivity index (χ2n) is 4.53. The van der Waals surface area contributed by atoms with Crippen molar-refractivity contribution in [3.8, 4) is 5.75 Å². The SMILES string of the molecule is Cc1ccc(OCC(O)c2cc(Br)ccc2Br)c(N)c1. The Kier molecular flexibility index (Phi) is 5.07. The van der Waals surface area contributed by atoms with Crippen LogP contribution in [0.5, 0.6) is 5.75 Å². The Morgan fingerprint density at radius 3 is 2.65 bits per heavy atom. The van der Waals surface area contributed by atoms with E-state index in [9.17, 15) is 5.11 Å². The summed E-state index contributed by atoms with van der Waals surface area (Å²) in [6.45, 7) is 2.11. The second kappa shape index (κ2) is 6.61. The topological polar surface area (TPSA) is 55.5 Å². The number of aliphatic hydroxyl groups is 1. The molecule has 0 aliphatic rings. The molecule has 1 unspecified atom stereocenters. The first kappa shape index (κ1) is 15.4. The zero-order chi connectivity index (χ0) is 14.7. The Morgan fingerprint density at radius 2 is 1.95 bits per heavy atom. The van der Waals surface area contributed by atoms with Crippen molar-refractivity contribution in [2.24, 2.45) is 0 Å². The fourth-order valence-electron chi connectivity index (χ4n) is 1.83. The molecule has 0 aromatic heterocycles. The summed E-state index contributed by atoms with van der Waals surface area (Å²) >= 11 is 6.81. The third-order valence-electron chi connectivity index (χ3n) is 2.88. The minimum absolute atomic E-state index is 0.141. The van der Waals surface area contributed by atoms with Gasteiger partial charge in [0.15, 0.2) is 0 Å². The Hall–Kier alpha value is -1.04. The average molecular weight is 401 g/mol. The fraction of sp³-hybridized carbons (Fsp3) is 0.200. The molecule has 0 aliphatic carbocycles. The molecule has 2 rings (SSSR count). The number of hydrogen-bond acceptors (Lipinski definition) is 3. The summed E-state index contributed by atoms with van der Waals surface area (Å²) in [6, 6.07) is 11.2. The first-order chi connectivity index (χ1) is 9.47. The van der Waals surface area contributed by atoms with Crippen molar-refractivity contribution in [1.82, 2.24) is 0 Å². The van der Waals surface area contributed by atoms with Crippen LogP contribution in [-0.2, 0) is 0 Å². The van der Waals surface area contributed by atoms with Crippen LogP contribution in [0.1, 0.15) is 17.2 Å². The molecule has 0 amide bonds. The highest BCUT2D eigenvalue weighted by Gasteiger charge is 2.13. The highest BCUT2D eigenvalue weighted by atomic mass is 79.9. The van der Waals surface area contributed by atoms with Gasteiger partial charge < -0.3 is 15.6 Å². The Labute approximate surface area is 135 Å². The highest BCUT2D eigenvalue weighted by Crippen LogP contribution is 2.29. The number of anilines is 1. The van der Waals surface area contributed by atoms with Crippen molar-refractivity contribution in [1.29, 1.82) is 0 Å². The van der Waals surface area contributed by atoms with E-state index in [-0.39, 0.29) is 6.61 Å². The fourth-order valence-corrected chi connectivity index (χ4v) is 2.72. The second-order valence-corrected chi connectivity index (χ2v) is 6.30. The standard InChI is InChI=1S/C15H15Br2NO2/c1-9-2-5-15(13(18)6-9)20-8-14(19)11-7-10(16)3-4-12(11)17/h2-7,14,19H,8,18H2,1H3. The lowest BCUT2D eigenvalue weighted by Crippen LogP contribution is -2.11. The quantitative estimate of drug-likeness (QED) is 0.755. The molecule has 0 radical (unpaired) electrons. The maximum atomic E-state index is 10.2. The van der Waals surface area contributed by atoms with Gasteiger partial charge in [-0.3, -0.25) is 0 Å². The molecular weight excluding hydrogens is 386 g/mol. The molecule has 5 heteroatoms. The van der Waals surface area contributed by atoms with Gasteiger partial charge in [-0.15, -0.1) is 0 Å². The summed E-state index contributed by atoms with van der Waals surface area (Å²) in [5, 5.41) is 10.2. The lowest BCUT2D eigenvalue weighted by molar-refractivity contribution is 0.108. The molecular formula is C15H15Br2NO2. The molecule has 20 heavy (non-hydrogen) atoms. The van der Waals surface area contributed by atoms with Crippen LogP contribution >= 0.6 is 31.9 Å². The number of nitrogens with two attached hydrogens (primary N) is 1. The van der Waals surface area contributed by atoms with Crippen molar-refractivity contribution in [3.05, 3.63) is 56.5 Å². The van der Waals surface area contributed by atoms with Gasteiger partial charge in [-0.25, -0.2) is 0 Å². The highest BCUT2D eigenvalue weighted by molar-refractivity contribution is 9.11. The number of aryl methyl sites for hydroxylation is 1. The predicted octanol–water partition coefficient (Wildman–Crippen LogP) is 4.21. The van der Waals surface area contributed by atoms with Crippen LogP contribution < -0.4 is 10.5 Å². The van der Waals surface area contributed by atoms with Gasteiger partial charge in [0, 0.05) is 8.95 Å². The van der Waals surface area contributed by atoms with Gasteiger partial charge >= 0.3 is 0 Å². The molecule has 0 spiro atoms. The van der Waals surface area contributed by atoms with E-state index in [4.69, 9.17) is 10.5 Å². The zero-order valence-electron chi connectivity index (χ0n) is 10.9. The molecule has 3 N–H and O–H groups in total. The average Bonchev–Trinajstić information content (AvgIpc) is 2.40. The van der Waals surface area contributed by atoms with E-state index >= 15 is 0 Å². The van der Waals surface area contributed by atoms with Crippen LogP contribution in [0.3, 0.4) is 0 Å². The van der Waals surface area contributed by atoms with Crippen LogP contribution in [0.4, 0.5) is 5.69 Å². The summed E-state index contributed by atoms with van der Waals surface area (Å²) < 4.78 is 7.34. The van der Waals surface area contributed by atoms with Gasteiger partial charge in [0.25, 0.3) is 0 Å². The lowest BCUT2D eigenvalue weighted by Gasteiger charge is -2.15. The van der Waals surface area contributed by atoms with Crippen molar-refractivity contribution in [2.75, 3.05) is 12.3 Å². The molecule has 0 saturated carbocycles. The molecule has 0 heterocycles. The number of nitrogen functional groups attached to an aromatic ring is 1. The van der Waals surface area contributed by atoms with Crippen molar-refractivity contribution in [2.45, 2.75) is 13.0 Å². The molecule has 3 nitrogen and oxygen atoms in total. The van der Waals surface area contributed by atoms with E-state index in [1.807, 2.05) is 43.3 Å². The van der Waals surface area contributed by atoms with E-state index in [0.717, 1.165) is 20.1 Å². The molecule has 0 bridgehead atoms. The molecule has 0 aliphatic heterocycles. The van der Waals surface area contributed by atoms with Crippen LogP contribution in [0.25, 0.3) is 0 Å². The Bertz CT molecular complexity index is 617. The van der Waals surface area contributed by atoms with Gasteiger partial charge in [-0.2, -0.15) is 0 Å². The predicted molar refractivity (Wildman–Crippen MR) is 87.9 cm³/mol.